The molecule has 0 unspecified atom stereocenters. The predicted octanol–water partition coefficient (Wildman–Crippen LogP) is 2.51. The minimum Gasteiger partial charge on any atom is -0.495 e. The molecule has 0 saturated heterocycles. The molecule has 0 heterocycles. The van der Waals surface area contributed by atoms with E-state index in [-0.39, 0.29) is 5.75 Å². The second-order valence-corrected chi connectivity index (χ2v) is 6.10. The monoisotopic (exact) mass is 302 g/mol. The van der Waals surface area contributed by atoms with Crippen LogP contribution < -0.4 is 9.46 Å². The summed E-state index contributed by atoms with van der Waals surface area (Å²) in [6, 6.07) is 15.4. The molecule has 108 valence electrons. The summed E-state index contributed by atoms with van der Waals surface area (Å²) in [5, 5.41) is 8.83. The maximum absolute atomic E-state index is 12.2. The summed E-state index contributed by atoms with van der Waals surface area (Å²) >= 11 is 0. The van der Waals surface area contributed by atoms with E-state index in [0.717, 1.165) is 0 Å². The highest BCUT2D eigenvalue weighted by Crippen LogP contribution is 2.26. The van der Waals surface area contributed by atoms with E-state index in [1.54, 1.807) is 24.3 Å². The second-order valence-electron chi connectivity index (χ2n) is 4.37. The Morgan fingerprint density at radius 1 is 1.19 bits per heavy atom. The molecule has 0 aliphatic carbocycles. The third kappa shape index (κ3) is 3.97. The molecule has 0 aromatic heterocycles. The van der Waals surface area contributed by atoms with E-state index in [0.29, 0.717) is 22.6 Å². The van der Waals surface area contributed by atoms with Crippen LogP contribution in [-0.2, 0) is 15.8 Å². The van der Waals surface area contributed by atoms with Gasteiger partial charge in [0.15, 0.2) is 0 Å². The second kappa shape index (κ2) is 6.29. The topological polar surface area (TPSA) is 79.2 Å². The summed E-state index contributed by atoms with van der Waals surface area (Å²) < 4.78 is 31.9. The van der Waals surface area contributed by atoms with Crippen molar-refractivity contribution in [3.8, 4) is 11.8 Å². The lowest BCUT2D eigenvalue weighted by Crippen LogP contribution is -2.15. The van der Waals surface area contributed by atoms with Crippen molar-refractivity contribution in [2.75, 3.05) is 11.8 Å². The first kappa shape index (κ1) is 14.9. The third-order valence-electron chi connectivity index (χ3n) is 2.80. The van der Waals surface area contributed by atoms with Gasteiger partial charge in [-0.15, -0.1) is 0 Å². The Kier molecular flexibility index (Phi) is 4.45. The lowest BCUT2D eigenvalue weighted by molar-refractivity contribution is 0.416. The van der Waals surface area contributed by atoms with Crippen molar-refractivity contribution < 1.29 is 13.2 Å². The Morgan fingerprint density at radius 2 is 1.90 bits per heavy atom. The van der Waals surface area contributed by atoms with Crippen LogP contribution in [0.5, 0.6) is 5.75 Å². The van der Waals surface area contributed by atoms with Crippen LogP contribution in [0.2, 0.25) is 0 Å². The fraction of sp³-hybridized carbons (Fsp3) is 0.133. The number of hydrogen-bond donors (Lipinski definition) is 1. The zero-order valence-corrected chi connectivity index (χ0v) is 12.2. The van der Waals surface area contributed by atoms with Crippen LogP contribution in [0.15, 0.2) is 48.5 Å². The molecular weight excluding hydrogens is 288 g/mol. The van der Waals surface area contributed by atoms with Gasteiger partial charge < -0.3 is 4.74 Å². The molecule has 0 radical (unpaired) electrons. The Morgan fingerprint density at radius 3 is 2.52 bits per heavy atom. The van der Waals surface area contributed by atoms with Gasteiger partial charge in [-0.2, -0.15) is 5.26 Å². The molecule has 0 spiro atoms. The van der Waals surface area contributed by atoms with Crippen molar-refractivity contribution in [3.05, 3.63) is 59.7 Å². The average Bonchev–Trinajstić information content (AvgIpc) is 2.47. The van der Waals surface area contributed by atoms with Crippen molar-refractivity contribution in [1.82, 2.24) is 0 Å². The van der Waals surface area contributed by atoms with Gasteiger partial charge in [0.2, 0.25) is 10.0 Å². The average molecular weight is 302 g/mol. The molecule has 0 amide bonds. The third-order valence-corrected chi connectivity index (χ3v) is 4.04. The lowest BCUT2D eigenvalue weighted by atomic mass is 10.2. The van der Waals surface area contributed by atoms with Crippen molar-refractivity contribution in [3.63, 3.8) is 0 Å². The standard InChI is InChI=1S/C15H14N2O3S/c1-20-15-9-13(10-16)7-8-14(15)17-21(18,19)11-12-5-3-2-4-6-12/h2-9,17H,11H2,1H3. The molecule has 2 rings (SSSR count). The Bertz CT molecular complexity index is 765. The number of nitrogens with one attached hydrogen (secondary N) is 1. The minimum atomic E-state index is -3.55. The number of nitrogens with zero attached hydrogens (tertiary/aromatic N) is 1. The molecule has 21 heavy (non-hydrogen) atoms. The number of sulfonamides is 1. The van der Waals surface area contributed by atoms with E-state index in [1.165, 1.54) is 25.3 Å². The molecule has 0 aliphatic rings. The van der Waals surface area contributed by atoms with Crippen LogP contribution in [0.4, 0.5) is 5.69 Å². The van der Waals surface area contributed by atoms with Gasteiger partial charge in [0.1, 0.15) is 5.75 Å². The maximum atomic E-state index is 12.2. The van der Waals surface area contributed by atoms with Gasteiger partial charge in [-0.3, -0.25) is 4.72 Å². The number of ether oxygens (including phenoxy) is 1. The van der Waals surface area contributed by atoms with E-state index in [9.17, 15) is 8.42 Å². The van der Waals surface area contributed by atoms with Crippen LogP contribution in [0.1, 0.15) is 11.1 Å². The number of hydrogen-bond acceptors (Lipinski definition) is 4. The van der Waals surface area contributed by atoms with Gasteiger partial charge >= 0.3 is 0 Å². The molecule has 2 aromatic rings. The number of methoxy groups -OCH3 is 1. The predicted molar refractivity (Wildman–Crippen MR) is 80.4 cm³/mol. The van der Waals surface area contributed by atoms with E-state index < -0.39 is 10.0 Å². The highest BCUT2D eigenvalue weighted by atomic mass is 32.2. The summed E-state index contributed by atoms with van der Waals surface area (Å²) in [4.78, 5) is 0. The largest absolute Gasteiger partial charge is 0.495 e. The quantitative estimate of drug-likeness (QED) is 0.920. The summed E-state index contributed by atoms with van der Waals surface area (Å²) in [6.45, 7) is 0. The first-order valence-corrected chi connectivity index (χ1v) is 7.82. The van der Waals surface area contributed by atoms with Gasteiger partial charge in [0.05, 0.1) is 30.2 Å². The number of anilines is 1. The molecule has 5 nitrogen and oxygen atoms in total. The van der Waals surface area contributed by atoms with Gasteiger partial charge in [-0.25, -0.2) is 8.42 Å². The van der Waals surface area contributed by atoms with Crippen molar-refractivity contribution in [2.45, 2.75) is 5.75 Å². The van der Waals surface area contributed by atoms with Gasteiger partial charge in [0, 0.05) is 6.07 Å². The molecule has 1 N–H and O–H groups in total. The Hall–Kier alpha value is -2.52. The summed E-state index contributed by atoms with van der Waals surface area (Å²) in [6.07, 6.45) is 0. The van der Waals surface area contributed by atoms with Crippen LogP contribution in [0.25, 0.3) is 0 Å². The van der Waals surface area contributed by atoms with Gasteiger partial charge in [-0.1, -0.05) is 30.3 Å². The summed E-state index contributed by atoms with van der Waals surface area (Å²) in [5.74, 6) is 0.183. The normalized spacial score (nSPS) is 10.7. The van der Waals surface area contributed by atoms with Gasteiger partial charge in [0.25, 0.3) is 0 Å². The van der Waals surface area contributed by atoms with Crippen LogP contribution in [-0.4, -0.2) is 15.5 Å². The molecule has 0 atom stereocenters. The molecule has 2 aromatic carbocycles. The van der Waals surface area contributed by atoms with E-state index in [1.807, 2.05) is 12.1 Å². The Balaban J connectivity index is 2.23. The number of rotatable bonds is 5. The highest BCUT2D eigenvalue weighted by Gasteiger charge is 2.14. The van der Waals surface area contributed by atoms with Crippen LogP contribution in [0.3, 0.4) is 0 Å². The maximum Gasteiger partial charge on any atom is 0.237 e. The molecule has 0 aliphatic heterocycles. The molecule has 0 fully saturated rings. The Labute approximate surface area is 123 Å². The zero-order chi connectivity index (χ0) is 15.3. The van der Waals surface area contributed by atoms with E-state index >= 15 is 0 Å². The SMILES string of the molecule is COc1cc(C#N)ccc1NS(=O)(=O)Cc1ccccc1. The van der Waals surface area contributed by atoms with Crippen molar-refractivity contribution in [2.24, 2.45) is 0 Å². The van der Waals surface area contributed by atoms with E-state index in [4.69, 9.17) is 10.00 Å². The van der Waals surface area contributed by atoms with E-state index in [2.05, 4.69) is 4.72 Å². The fourth-order valence-electron chi connectivity index (χ4n) is 1.84. The van der Waals surface area contributed by atoms with Crippen molar-refractivity contribution in [1.29, 1.82) is 5.26 Å². The number of benzene rings is 2. The first-order chi connectivity index (χ1) is 10.0. The fourth-order valence-corrected chi connectivity index (χ4v) is 3.05. The summed E-state index contributed by atoms with van der Waals surface area (Å²) in [7, 11) is -2.13. The molecule has 0 saturated carbocycles. The smallest absolute Gasteiger partial charge is 0.237 e. The molecular formula is C15H14N2O3S. The van der Waals surface area contributed by atoms with Crippen LogP contribution in [0, 0.1) is 11.3 Å². The summed E-state index contributed by atoms with van der Waals surface area (Å²) in [5.41, 5.74) is 1.41. The highest BCUT2D eigenvalue weighted by molar-refractivity contribution is 7.91. The van der Waals surface area contributed by atoms with Crippen molar-refractivity contribution >= 4 is 15.7 Å². The lowest BCUT2D eigenvalue weighted by Gasteiger charge is -2.12. The van der Waals surface area contributed by atoms with Gasteiger partial charge in [-0.05, 0) is 17.7 Å². The number of nitriles is 1. The molecule has 0 bridgehead atoms. The minimum absolute atomic E-state index is 0.128. The zero-order valence-electron chi connectivity index (χ0n) is 11.4. The van der Waals surface area contributed by atoms with Crippen LogP contribution >= 0.6 is 0 Å². The first-order valence-electron chi connectivity index (χ1n) is 6.16. The molecule has 6 heteroatoms.